The quantitative estimate of drug-likeness (QED) is 0.778. The monoisotopic (exact) mass is 415 g/mol. The van der Waals surface area contributed by atoms with Gasteiger partial charge in [0.1, 0.15) is 5.82 Å². The molecular formula is C22H30ClN5O. The molecule has 1 saturated heterocycles. The molecule has 1 aliphatic rings. The number of rotatable bonds is 4. The number of hydrogen-bond acceptors (Lipinski definition) is 4. The Morgan fingerprint density at radius 3 is 2.48 bits per heavy atom. The second kappa shape index (κ2) is 9.46. The first-order valence-electron chi connectivity index (χ1n) is 10.1. The van der Waals surface area contributed by atoms with Crippen LogP contribution in [0, 0.1) is 0 Å². The second-order valence-corrected chi connectivity index (χ2v) is 8.91. The lowest BCUT2D eigenvalue weighted by atomic mass is 10.1. The maximum Gasteiger partial charge on any atom is 0.319 e. The third-order valence-corrected chi connectivity index (χ3v) is 4.98. The number of pyridine rings is 1. The number of halogens is 1. The molecule has 1 aromatic carbocycles. The Hall–Kier alpha value is -2.31. The summed E-state index contributed by atoms with van der Waals surface area (Å²) in [6.45, 7) is 10.7. The van der Waals surface area contributed by atoms with Gasteiger partial charge < -0.3 is 15.5 Å². The molecule has 0 radical (unpaired) electrons. The molecule has 29 heavy (non-hydrogen) atoms. The number of amides is 2. The van der Waals surface area contributed by atoms with Gasteiger partial charge >= 0.3 is 6.03 Å². The van der Waals surface area contributed by atoms with Crippen LogP contribution in [0.1, 0.15) is 32.8 Å². The molecule has 2 heterocycles. The third-order valence-electron chi connectivity index (χ3n) is 4.73. The molecule has 0 bridgehead atoms. The summed E-state index contributed by atoms with van der Waals surface area (Å²) in [7, 11) is 0. The predicted octanol–water partition coefficient (Wildman–Crippen LogP) is 4.37. The Balaban J connectivity index is 1.53. The van der Waals surface area contributed by atoms with Crippen LogP contribution in [0.2, 0.25) is 5.02 Å². The number of hydrogen-bond donors (Lipinski definition) is 2. The van der Waals surface area contributed by atoms with Crippen molar-refractivity contribution in [2.24, 2.45) is 0 Å². The molecule has 1 fully saturated rings. The number of carbonyl (C=O) groups excluding carboxylic acids is 1. The molecular weight excluding hydrogens is 386 g/mol. The van der Waals surface area contributed by atoms with E-state index in [4.69, 9.17) is 11.6 Å². The molecule has 7 heteroatoms. The highest BCUT2D eigenvalue weighted by Gasteiger charge is 2.17. The van der Waals surface area contributed by atoms with E-state index >= 15 is 0 Å². The number of carbonyl (C=O) groups is 1. The van der Waals surface area contributed by atoms with E-state index in [0.717, 1.165) is 50.0 Å². The van der Waals surface area contributed by atoms with Crippen LogP contribution in [0.4, 0.5) is 16.3 Å². The van der Waals surface area contributed by atoms with Gasteiger partial charge in [-0.25, -0.2) is 9.78 Å². The minimum absolute atomic E-state index is 0.223. The van der Waals surface area contributed by atoms with Gasteiger partial charge in [0.2, 0.25) is 0 Å². The molecule has 3 rings (SSSR count). The molecule has 6 nitrogen and oxygen atoms in total. The van der Waals surface area contributed by atoms with Crippen molar-refractivity contribution in [1.82, 2.24) is 15.2 Å². The van der Waals surface area contributed by atoms with Gasteiger partial charge in [0.25, 0.3) is 0 Å². The van der Waals surface area contributed by atoms with E-state index in [2.05, 4.69) is 37.6 Å². The SMILES string of the molecule is CC(C)(C)NC(=O)Nc1ccc(N2CCCN(Cc3ccc(Cl)cc3)CC2)nc1. The molecule has 0 aliphatic carbocycles. The minimum Gasteiger partial charge on any atom is -0.355 e. The maximum atomic E-state index is 12.0. The normalized spacial score (nSPS) is 15.7. The topological polar surface area (TPSA) is 60.5 Å². The lowest BCUT2D eigenvalue weighted by Crippen LogP contribution is -2.43. The van der Waals surface area contributed by atoms with Gasteiger partial charge in [-0.15, -0.1) is 0 Å². The van der Waals surface area contributed by atoms with Gasteiger partial charge in [-0.2, -0.15) is 0 Å². The number of benzene rings is 1. The number of urea groups is 1. The molecule has 0 spiro atoms. The Morgan fingerprint density at radius 2 is 1.83 bits per heavy atom. The molecule has 2 amide bonds. The van der Waals surface area contributed by atoms with Gasteiger partial charge in [0, 0.05) is 43.3 Å². The van der Waals surface area contributed by atoms with Crippen LogP contribution < -0.4 is 15.5 Å². The number of aromatic nitrogens is 1. The first kappa shape index (κ1) is 21.4. The minimum atomic E-state index is -0.276. The standard InChI is InChI=1S/C22H30ClN5O/c1-22(2,3)26-21(29)25-19-9-10-20(24-15-19)28-12-4-11-27(13-14-28)16-17-5-7-18(23)8-6-17/h5-10,15H,4,11-14,16H2,1-3H3,(H2,25,26,29). The zero-order valence-electron chi connectivity index (χ0n) is 17.4. The Morgan fingerprint density at radius 1 is 1.07 bits per heavy atom. The van der Waals surface area contributed by atoms with Crippen molar-refractivity contribution in [2.75, 3.05) is 36.4 Å². The molecule has 2 N–H and O–H groups in total. The highest BCUT2D eigenvalue weighted by molar-refractivity contribution is 6.30. The van der Waals surface area contributed by atoms with Crippen LogP contribution in [-0.2, 0) is 6.54 Å². The smallest absolute Gasteiger partial charge is 0.319 e. The van der Waals surface area contributed by atoms with Crippen LogP contribution in [-0.4, -0.2) is 47.6 Å². The van der Waals surface area contributed by atoms with E-state index in [1.165, 1.54) is 5.56 Å². The molecule has 156 valence electrons. The summed E-state index contributed by atoms with van der Waals surface area (Å²) in [6.07, 6.45) is 2.80. The van der Waals surface area contributed by atoms with E-state index in [1.807, 2.05) is 45.0 Å². The first-order chi connectivity index (χ1) is 13.8. The average Bonchev–Trinajstić information content (AvgIpc) is 2.88. The highest BCUT2D eigenvalue weighted by atomic mass is 35.5. The van der Waals surface area contributed by atoms with Crippen LogP contribution in [0.25, 0.3) is 0 Å². The van der Waals surface area contributed by atoms with E-state index in [0.29, 0.717) is 5.69 Å². The van der Waals surface area contributed by atoms with Crippen molar-refractivity contribution in [3.8, 4) is 0 Å². The second-order valence-electron chi connectivity index (χ2n) is 8.48. The van der Waals surface area contributed by atoms with Crippen molar-refractivity contribution >= 4 is 29.1 Å². The van der Waals surface area contributed by atoms with Gasteiger partial charge in [0.05, 0.1) is 11.9 Å². The molecule has 1 aromatic heterocycles. The fourth-order valence-electron chi connectivity index (χ4n) is 3.36. The number of nitrogens with one attached hydrogen (secondary N) is 2. The van der Waals surface area contributed by atoms with Crippen molar-refractivity contribution in [3.63, 3.8) is 0 Å². The number of nitrogens with zero attached hydrogens (tertiary/aromatic N) is 3. The summed E-state index contributed by atoms with van der Waals surface area (Å²) in [6, 6.07) is 11.7. The summed E-state index contributed by atoms with van der Waals surface area (Å²) in [4.78, 5) is 21.3. The van der Waals surface area contributed by atoms with E-state index in [-0.39, 0.29) is 11.6 Å². The number of anilines is 2. The summed E-state index contributed by atoms with van der Waals surface area (Å²) >= 11 is 5.98. The zero-order valence-corrected chi connectivity index (χ0v) is 18.2. The first-order valence-corrected chi connectivity index (χ1v) is 10.4. The van der Waals surface area contributed by atoms with E-state index < -0.39 is 0 Å². The summed E-state index contributed by atoms with van der Waals surface area (Å²) in [5, 5.41) is 6.48. The van der Waals surface area contributed by atoms with Crippen molar-refractivity contribution in [2.45, 2.75) is 39.3 Å². The van der Waals surface area contributed by atoms with Gasteiger partial charge in [-0.05, 0) is 57.0 Å². The summed E-state index contributed by atoms with van der Waals surface area (Å²) in [5.74, 6) is 0.945. The molecule has 0 unspecified atom stereocenters. The lowest BCUT2D eigenvalue weighted by Gasteiger charge is -2.23. The molecule has 0 saturated carbocycles. The van der Waals surface area contributed by atoms with Crippen LogP contribution in [0.15, 0.2) is 42.6 Å². The predicted molar refractivity (Wildman–Crippen MR) is 120 cm³/mol. The van der Waals surface area contributed by atoms with Gasteiger partial charge in [-0.3, -0.25) is 4.90 Å². The fourth-order valence-corrected chi connectivity index (χ4v) is 3.48. The Labute approximate surface area is 178 Å². The Bertz CT molecular complexity index is 801. The van der Waals surface area contributed by atoms with Crippen LogP contribution in [0.5, 0.6) is 0 Å². The highest BCUT2D eigenvalue weighted by Crippen LogP contribution is 2.18. The van der Waals surface area contributed by atoms with Gasteiger partial charge in [-0.1, -0.05) is 23.7 Å². The van der Waals surface area contributed by atoms with E-state index in [9.17, 15) is 4.79 Å². The average molecular weight is 416 g/mol. The summed E-state index contributed by atoms with van der Waals surface area (Å²) in [5.41, 5.74) is 1.70. The van der Waals surface area contributed by atoms with Crippen molar-refractivity contribution < 1.29 is 4.79 Å². The van der Waals surface area contributed by atoms with Crippen LogP contribution in [0.3, 0.4) is 0 Å². The van der Waals surface area contributed by atoms with E-state index in [1.54, 1.807) is 6.20 Å². The lowest BCUT2D eigenvalue weighted by molar-refractivity contribution is 0.244. The summed E-state index contributed by atoms with van der Waals surface area (Å²) < 4.78 is 0. The third kappa shape index (κ3) is 6.91. The molecule has 1 aliphatic heterocycles. The molecule has 2 aromatic rings. The van der Waals surface area contributed by atoms with Crippen molar-refractivity contribution in [3.05, 3.63) is 53.2 Å². The van der Waals surface area contributed by atoms with Gasteiger partial charge in [0.15, 0.2) is 0 Å². The van der Waals surface area contributed by atoms with Crippen molar-refractivity contribution in [1.29, 1.82) is 0 Å². The largest absolute Gasteiger partial charge is 0.355 e. The fraction of sp³-hybridized carbons (Fsp3) is 0.455. The Kier molecular flexibility index (Phi) is 6.98. The maximum absolute atomic E-state index is 12.0. The van der Waals surface area contributed by atoms with Crippen LogP contribution >= 0.6 is 11.6 Å². The zero-order chi connectivity index (χ0) is 20.9. The molecule has 0 atom stereocenters.